The van der Waals surface area contributed by atoms with Gasteiger partial charge in [0, 0.05) is 55.1 Å². The third kappa shape index (κ3) is 8.09. The highest BCUT2D eigenvalue weighted by Crippen LogP contribution is 2.40. The normalized spacial score (nSPS) is 19.4. The molecule has 3 N–H and O–H groups in total. The summed E-state index contributed by atoms with van der Waals surface area (Å²) in [5.41, 5.74) is 5.49. The molecule has 45 heavy (non-hydrogen) atoms. The van der Waals surface area contributed by atoms with Gasteiger partial charge in [-0.3, -0.25) is 0 Å². The van der Waals surface area contributed by atoms with E-state index in [0.717, 1.165) is 46.8 Å². The number of nitrogens with one attached hydrogen (secondary N) is 1. The number of ether oxygens (including phenoxy) is 4. The monoisotopic (exact) mass is 618 g/mol. The highest BCUT2D eigenvalue weighted by atomic mass is 16.5. The number of carbonyl (C=O) groups is 1. The molecule has 3 aromatic rings. The summed E-state index contributed by atoms with van der Waals surface area (Å²) in [7, 11) is 1.66. The third-order valence-electron chi connectivity index (χ3n) is 8.89. The molecule has 0 bridgehead atoms. The van der Waals surface area contributed by atoms with Crippen LogP contribution in [0.2, 0.25) is 0 Å². The van der Waals surface area contributed by atoms with Crippen LogP contribution in [0.1, 0.15) is 67.4 Å². The minimum atomic E-state index is -0.944. The molecule has 2 aliphatic heterocycles. The Balaban J connectivity index is 1.19. The van der Waals surface area contributed by atoms with Crippen LogP contribution in [0.5, 0.6) is 11.5 Å². The van der Waals surface area contributed by atoms with E-state index in [1.807, 2.05) is 48.5 Å². The van der Waals surface area contributed by atoms with Crippen LogP contribution in [0.3, 0.4) is 0 Å². The number of nitrogens with zero attached hydrogens (tertiary/aromatic N) is 1. The lowest BCUT2D eigenvalue weighted by Gasteiger charge is -2.39. The molecule has 0 aromatic heterocycles. The zero-order valence-corrected chi connectivity index (χ0v) is 26.5. The molecular formula is C36H46N2O7. The lowest BCUT2D eigenvalue weighted by Crippen LogP contribution is -2.46. The predicted octanol–water partition coefficient (Wildman–Crippen LogP) is 6.36. The maximum absolute atomic E-state index is 11.9. The van der Waals surface area contributed by atoms with E-state index in [0.29, 0.717) is 39.2 Å². The van der Waals surface area contributed by atoms with Crippen molar-refractivity contribution in [2.45, 2.75) is 63.3 Å². The summed E-state index contributed by atoms with van der Waals surface area (Å²) < 4.78 is 23.9. The van der Waals surface area contributed by atoms with Gasteiger partial charge in [-0.2, -0.15) is 0 Å². The fourth-order valence-corrected chi connectivity index (χ4v) is 6.33. The van der Waals surface area contributed by atoms with E-state index in [1.54, 1.807) is 7.11 Å². The Labute approximate surface area is 266 Å². The number of likely N-dealkylation sites (tertiary alicyclic amines) is 1. The SMILES string of the molecule is COc1ccccc1COCCCOc1ccc(C2CCN(C(=O)O)CC2OC(CCO)c2ccc3c(c2)NCC3(C)C)cc1. The number of rotatable bonds is 14. The number of para-hydroxylation sites is 1. The van der Waals surface area contributed by atoms with E-state index in [2.05, 4.69) is 37.4 Å². The van der Waals surface area contributed by atoms with Gasteiger partial charge in [0.25, 0.3) is 0 Å². The molecule has 1 fully saturated rings. The summed E-state index contributed by atoms with van der Waals surface area (Å²) in [6.45, 7) is 7.58. The average molecular weight is 619 g/mol. The highest BCUT2D eigenvalue weighted by molar-refractivity contribution is 5.65. The van der Waals surface area contributed by atoms with E-state index in [-0.39, 0.29) is 36.7 Å². The molecule has 0 saturated carbocycles. The summed E-state index contributed by atoms with van der Waals surface area (Å²) in [5, 5.41) is 23.2. The van der Waals surface area contributed by atoms with Crippen LogP contribution >= 0.6 is 0 Å². The predicted molar refractivity (Wildman–Crippen MR) is 173 cm³/mol. The summed E-state index contributed by atoms with van der Waals surface area (Å²) >= 11 is 0. The summed E-state index contributed by atoms with van der Waals surface area (Å²) in [5.74, 6) is 1.60. The van der Waals surface area contributed by atoms with Gasteiger partial charge < -0.3 is 39.4 Å². The molecule has 1 amide bonds. The number of hydrogen-bond donors (Lipinski definition) is 3. The highest BCUT2D eigenvalue weighted by Gasteiger charge is 2.36. The number of methoxy groups -OCH3 is 1. The van der Waals surface area contributed by atoms with Crippen molar-refractivity contribution < 1.29 is 34.0 Å². The minimum Gasteiger partial charge on any atom is -0.496 e. The number of amides is 1. The Morgan fingerprint density at radius 2 is 1.89 bits per heavy atom. The number of aliphatic hydroxyl groups is 1. The first-order chi connectivity index (χ1) is 21.8. The van der Waals surface area contributed by atoms with Crippen molar-refractivity contribution in [3.63, 3.8) is 0 Å². The molecule has 3 aromatic carbocycles. The zero-order chi connectivity index (χ0) is 31.8. The van der Waals surface area contributed by atoms with Crippen LogP contribution in [-0.4, -0.2) is 73.9 Å². The standard InChI is InChI=1S/C36H46N2O7/c1-36(2)24-37-31-21-26(11-14-30(31)36)33(16-18-39)45-34-22-38(35(40)41)17-15-29(34)25-9-12-28(13-10-25)44-20-6-19-43-23-27-7-4-5-8-32(27)42-3/h4-5,7-14,21,29,33-34,37,39H,6,15-20,22-24H2,1-3H3,(H,40,41). The second kappa shape index (κ2) is 15.0. The maximum atomic E-state index is 11.9. The van der Waals surface area contributed by atoms with Gasteiger partial charge in [0.1, 0.15) is 11.5 Å². The van der Waals surface area contributed by atoms with Crippen molar-refractivity contribution in [2.75, 3.05) is 51.9 Å². The molecule has 5 rings (SSSR count). The molecule has 2 aliphatic rings. The molecule has 242 valence electrons. The summed E-state index contributed by atoms with van der Waals surface area (Å²) in [4.78, 5) is 13.3. The second-order valence-electron chi connectivity index (χ2n) is 12.5. The van der Waals surface area contributed by atoms with E-state index in [4.69, 9.17) is 18.9 Å². The number of fused-ring (bicyclic) bond motifs is 1. The van der Waals surface area contributed by atoms with Gasteiger partial charge in [-0.1, -0.05) is 56.3 Å². The Morgan fingerprint density at radius 3 is 2.64 bits per heavy atom. The lowest BCUT2D eigenvalue weighted by atomic mass is 9.85. The van der Waals surface area contributed by atoms with Crippen molar-refractivity contribution in [3.05, 3.63) is 89.0 Å². The Hall–Kier alpha value is -3.79. The topological polar surface area (TPSA) is 110 Å². The zero-order valence-electron chi connectivity index (χ0n) is 26.5. The van der Waals surface area contributed by atoms with E-state index in [1.165, 1.54) is 10.5 Å². The van der Waals surface area contributed by atoms with E-state index in [9.17, 15) is 15.0 Å². The van der Waals surface area contributed by atoms with Gasteiger partial charge in [-0.05, 0) is 47.4 Å². The Bertz CT molecular complexity index is 1410. The Morgan fingerprint density at radius 1 is 1.09 bits per heavy atom. The number of anilines is 1. The molecular weight excluding hydrogens is 572 g/mol. The Kier molecular flexibility index (Phi) is 10.9. The molecule has 2 heterocycles. The smallest absolute Gasteiger partial charge is 0.407 e. The number of carboxylic acid groups (broad SMARTS) is 1. The van der Waals surface area contributed by atoms with Crippen LogP contribution in [0.25, 0.3) is 0 Å². The van der Waals surface area contributed by atoms with Crippen LogP contribution in [0.15, 0.2) is 66.7 Å². The maximum Gasteiger partial charge on any atom is 0.407 e. The molecule has 0 radical (unpaired) electrons. The molecule has 0 spiro atoms. The molecule has 0 aliphatic carbocycles. The van der Waals surface area contributed by atoms with Gasteiger partial charge in [0.05, 0.1) is 45.7 Å². The van der Waals surface area contributed by atoms with Crippen LogP contribution < -0.4 is 14.8 Å². The summed E-state index contributed by atoms with van der Waals surface area (Å²) in [6.07, 6.45) is 0.152. The fraction of sp³-hybridized carbons (Fsp3) is 0.472. The van der Waals surface area contributed by atoms with E-state index >= 15 is 0 Å². The van der Waals surface area contributed by atoms with Gasteiger partial charge in [0.2, 0.25) is 0 Å². The molecule has 3 unspecified atom stereocenters. The van der Waals surface area contributed by atoms with Gasteiger partial charge in [-0.15, -0.1) is 0 Å². The number of aliphatic hydroxyl groups excluding tert-OH is 1. The number of benzene rings is 3. The van der Waals surface area contributed by atoms with Gasteiger partial charge >= 0.3 is 6.09 Å². The first-order valence-corrected chi connectivity index (χ1v) is 15.8. The molecule has 9 heteroatoms. The largest absolute Gasteiger partial charge is 0.496 e. The van der Waals surface area contributed by atoms with Crippen molar-refractivity contribution in [1.29, 1.82) is 0 Å². The van der Waals surface area contributed by atoms with Crippen molar-refractivity contribution in [1.82, 2.24) is 4.90 Å². The lowest BCUT2D eigenvalue weighted by molar-refractivity contribution is -0.0645. The second-order valence-corrected chi connectivity index (χ2v) is 12.5. The molecule has 9 nitrogen and oxygen atoms in total. The van der Waals surface area contributed by atoms with Crippen LogP contribution in [0, 0.1) is 0 Å². The number of piperidine rings is 1. The van der Waals surface area contributed by atoms with Gasteiger partial charge in [0.15, 0.2) is 0 Å². The average Bonchev–Trinajstić information content (AvgIpc) is 3.36. The summed E-state index contributed by atoms with van der Waals surface area (Å²) in [6, 6.07) is 22.2. The minimum absolute atomic E-state index is 0.00528. The van der Waals surface area contributed by atoms with Gasteiger partial charge in [-0.25, -0.2) is 4.79 Å². The third-order valence-corrected chi connectivity index (χ3v) is 8.89. The van der Waals surface area contributed by atoms with Crippen LogP contribution in [0.4, 0.5) is 10.5 Å². The first-order valence-electron chi connectivity index (χ1n) is 15.8. The van der Waals surface area contributed by atoms with E-state index < -0.39 is 6.09 Å². The number of hydrogen-bond acceptors (Lipinski definition) is 7. The first kappa shape index (κ1) is 32.6. The quantitative estimate of drug-likeness (QED) is 0.179. The fourth-order valence-electron chi connectivity index (χ4n) is 6.33. The van der Waals surface area contributed by atoms with Crippen LogP contribution in [-0.2, 0) is 21.5 Å². The van der Waals surface area contributed by atoms with Crippen molar-refractivity contribution in [2.24, 2.45) is 0 Å². The van der Waals surface area contributed by atoms with Crippen molar-refractivity contribution >= 4 is 11.8 Å². The molecule has 1 saturated heterocycles. The van der Waals surface area contributed by atoms with Crippen molar-refractivity contribution in [3.8, 4) is 11.5 Å². The molecule has 3 atom stereocenters.